The van der Waals surface area contributed by atoms with Gasteiger partial charge in [0, 0.05) is 48.4 Å². The first-order chi connectivity index (χ1) is 32.5. The molecule has 0 spiro atoms. The topological polar surface area (TPSA) is 74.6 Å². The molecule has 66 heavy (non-hydrogen) atoms. The predicted octanol–water partition coefficient (Wildman–Crippen LogP) is 11.9. The maximum absolute atomic E-state index is 6.18. The Morgan fingerprint density at radius 2 is 0.697 bits per heavy atom. The Bertz CT molecular complexity index is 2270. The van der Waals surface area contributed by atoms with Crippen LogP contribution in [0.5, 0.6) is 0 Å². The maximum Gasteiger partial charge on any atom is 0.174 e. The van der Waals surface area contributed by atoms with Crippen molar-refractivity contribution in [2.45, 2.75) is 13.8 Å². The summed E-state index contributed by atoms with van der Waals surface area (Å²) in [6.07, 6.45) is 0. The quantitative estimate of drug-likeness (QED) is 0.147. The predicted molar refractivity (Wildman–Crippen MR) is 279 cm³/mol. The number of para-hydroxylation sites is 4. The number of rotatable bonds is 8. The molecule has 0 N–H and O–H groups in total. The van der Waals surface area contributed by atoms with Crippen LogP contribution in [0.3, 0.4) is 0 Å². The van der Waals surface area contributed by atoms with Crippen LogP contribution in [-0.4, -0.2) is 88.8 Å². The van der Waals surface area contributed by atoms with Gasteiger partial charge in [0.25, 0.3) is 0 Å². The van der Waals surface area contributed by atoms with Crippen molar-refractivity contribution in [3.63, 3.8) is 0 Å². The number of hydrogen-bond donors (Lipinski definition) is 0. The highest BCUT2D eigenvalue weighted by atomic mass is 32.2. The molecule has 0 aliphatic carbocycles. The average Bonchev–Trinajstić information content (AvgIpc) is 3.35. The fraction of sp³-hybridized carbons (Fsp3) is 0.259. The number of aryl methyl sites for hydroxylation is 2. The van der Waals surface area contributed by atoms with Gasteiger partial charge in [-0.2, -0.15) is 0 Å². The second-order valence-corrected chi connectivity index (χ2v) is 17.5. The molecule has 0 radical (unpaired) electrons. The van der Waals surface area contributed by atoms with E-state index in [1.807, 2.05) is 60.7 Å². The molecule has 0 aromatic heterocycles. The van der Waals surface area contributed by atoms with Crippen LogP contribution >= 0.6 is 23.5 Å². The van der Waals surface area contributed by atoms with E-state index in [4.69, 9.17) is 28.9 Å². The third-order valence-corrected chi connectivity index (χ3v) is 12.3. The van der Waals surface area contributed by atoms with Gasteiger partial charge in [-0.05, 0) is 86.6 Å². The van der Waals surface area contributed by atoms with E-state index in [9.17, 15) is 0 Å². The van der Waals surface area contributed by atoms with Crippen LogP contribution < -0.4 is 19.6 Å². The lowest BCUT2D eigenvalue weighted by Crippen LogP contribution is -2.46. The molecule has 10 nitrogen and oxygen atoms in total. The van der Waals surface area contributed by atoms with Crippen LogP contribution in [0, 0.1) is 13.8 Å². The van der Waals surface area contributed by atoms with E-state index in [-0.39, 0.29) is 0 Å². The van der Waals surface area contributed by atoms with Crippen LogP contribution in [0.15, 0.2) is 191 Å². The first-order valence-electron chi connectivity index (χ1n) is 22.4. The molecule has 1 aliphatic rings. The molecule has 6 aromatic carbocycles. The molecule has 1 aliphatic heterocycles. The molecule has 1 heterocycles. The van der Waals surface area contributed by atoms with Crippen molar-refractivity contribution < 1.29 is 18.9 Å². The number of anilines is 4. The minimum Gasteiger partial charge on any atom is -0.378 e. The number of hydrogen-bond acceptors (Lipinski definition) is 10. The molecule has 0 atom stereocenters. The van der Waals surface area contributed by atoms with Gasteiger partial charge in [-0.3, -0.25) is 9.80 Å². The Morgan fingerprint density at radius 1 is 0.394 bits per heavy atom. The summed E-state index contributed by atoms with van der Waals surface area (Å²) in [4.78, 5) is 20.2. The van der Waals surface area contributed by atoms with Crippen molar-refractivity contribution in [2.24, 2.45) is 9.98 Å². The lowest BCUT2D eigenvalue weighted by atomic mass is 10.2. The summed E-state index contributed by atoms with van der Waals surface area (Å²) in [5.74, 6) is 2.90. The zero-order valence-corrected chi connectivity index (χ0v) is 40.0. The lowest BCUT2D eigenvalue weighted by molar-refractivity contribution is 0.00148. The Morgan fingerprint density at radius 3 is 1.03 bits per heavy atom. The molecule has 0 bridgehead atoms. The van der Waals surface area contributed by atoms with Gasteiger partial charge in [0.05, 0.1) is 64.2 Å². The van der Waals surface area contributed by atoms with E-state index in [2.05, 4.69) is 157 Å². The lowest BCUT2D eigenvalue weighted by Gasteiger charge is -2.42. The van der Waals surface area contributed by atoms with Gasteiger partial charge >= 0.3 is 0 Å². The van der Waals surface area contributed by atoms with Gasteiger partial charge in [0.1, 0.15) is 0 Å². The first kappa shape index (κ1) is 48.1. The normalized spacial score (nSPS) is 18.1. The van der Waals surface area contributed by atoms with Crippen molar-refractivity contribution in [3.05, 3.63) is 193 Å². The van der Waals surface area contributed by atoms with E-state index < -0.39 is 0 Å². The summed E-state index contributed by atoms with van der Waals surface area (Å²) in [5, 5.41) is 1.51. The standard InChI is InChI=1S/C54H60N6O4S2/c1-43-25-29-49(30-26-43)59-51(57(3)47-21-13-7-14-22-47)52(58(4)48-23-15-8-16-24-48)60(50-31-27-44(2)28-32-50)54(56-46-19-11-6-12-20-46)66-42-40-64-38-36-62-34-33-61-35-37-63-39-41-65-53(59)55-45-17-9-5-10-18-45/h5-32H,33-42H2,1-4H3/b52-51-,55-53?,56-54?. The highest BCUT2D eigenvalue weighted by Crippen LogP contribution is 2.38. The van der Waals surface area contributed by atoms with E-state index >= 15 is 0 Å². The summed E-state index contributed by atoms with van der Waals surface area (Å²) in [7, 11) is 4.26. The smallest absolute Gasteiger partial charge is 0.174 e. The molecule has 12 heteroatoms. The van der Waals surface area contributed by atoms with Gasteiger partial charge in [-0.1, -0.05) is 132 Å². The van der Waals surface area contributed by atoms with Gasteiger partial charge in [-0.15, -0.1) is 0 Å². The fourth-order valence-electron chi connectivity index (χ4n) is 7.05. The number of benzene rings is 6. The molecule has 342 valence electrons. The molecular formula is C54H60N6O4S2. The number of aliphatic imine (C=N–C) groups is 2. The van der Waals surface area contributed by atoms with Gasteiger partial charge in [-0.25, -0.2) is 9.98 Å². The Hall–Kier alpha value is -5.86. The third kappa shape index (κ3) is 13.8. The van der Waals surface area contributed by atoms with Crippen molar-refractivity contribution in [1.29, 1.82) is 0 Å². The summed E-state index contributed by atoms with van der Waals surface area (Å²) in [5.41, 5.74) is 7.76. The number of nitrogens with zero attached hydrogens (tertiary/aromatic N) is 6. The van der Waals surface area contributed by atoms with Crippen LogP contribution in [-0.2, 0) is 18.9 Å². The summed E-state index contributed by atoms with van der Waals surface area (Å²) in [6.45, 7) is 8.09. The van der Waals surface area contributed by atoms with Gasteiger partial charge in [0.2, 0.25) is 0 Å². The van der Waals surface area contributed by atoms with Gasteiger partial charge < -0.3 is 28.7 Å². The van der Waals surface area contributed by atoms with Gasteiger partial charge in [0.15, 0.2) is 22.0 Å². The van der Waals surface area contributed by atoms with Crippen molar-refractivity contribution in [2.75, 3.05) is 98.1 Å². The van der Waals surface area contributed by atoms with E-state index in [0.717, 1.165) is 67.2 Å². The Kier molecular flexibility index (Phi) is 18.7. The molecule has 0 saturated heterocycles. The summed E-state index contributed by atoms with van der Waals surface area (Å²) >= 11 is 3.29. The average molecular weight is 921 g/mol. The first-order valence-corrected chi connectivity index (χ1v) is 24.3. The van der Waals surface area contributed by atoms with E-state index in [1.165, 1.54) is 0 Å². The molecule has 6 aromatic rings. The zero-order valence-electron chi connectivity index (χ0n) is 38.4. The second kappa shape index (κ2) is 25.7. The minimum atomic E-state index is 0.469. The number of ether oxygens (including phenoxy) is 4. The highest BCUT2D eigenvalue weighted by Gasteiger charge is 2.35. The van der Waals surface area contributed by atoms with Crippen molar-refractivity contribution in [1.82, 2.24) is 0 Å². The molecule has 0 amide bonds. The van der Waals surface area contributed by atoms with E-state index in [0.29, 0.717) is 64.4 Å². The van der Waals surface area contributed by atoms with Crippen LogP contribution in [0.1, 0.15) is 11.1 Å². The number of amidine groups is 2. The van der Waals surface area contributed by atoms with Crippen LogP contribution in [0.2, 0.25) is 0 Å². The molecule has 0 fully saturated rings. The molecular weight excluding hydrogens is 861 g/mol. The van der Waals surface area contributed by atoms with Crippen LogP contribution in [0.25, 0.3) is 0 Å². The summed E-state index contributed by atoms with van der Waals surface area (Å²) in [6, 6.07) is 58.7. The van der Waals surface area contributed by atoms with E-state index in [1.54, 1.807) is 23.5 Å². The Balaban J connectivity index is 1.59. The largest absolute Gasteiger partial charge is 0.378 e. The van der Waals surface area contributed by atoms with Crippen molar-refractivity contribution >= 4 is 68.0 Å². The monoisotopic (exact) mass is 920 g/mol. The second-order valence-electron chi connectivity index (χ2n) is 15.4. The summed E-state index contributed by atoms with van der Waals surface area (Å²) < 4.78 is 24.0. The SMILES string of the molecule is Cc1ccc(N2C(=Nc3ccccc3)SCCOCCOCCOCCOCCSC(=Nc3ccccc3)N(c3ccc(C)cc3)/C(N(C)c3ccccc3)=C\2N(C)c2ccccc2)cc1. The molecule has 7 rings (SSSR count). The number of thioether (sulfide) groups is 2. The zero-order chi connectivity index (χ0) is 45.8. The third-order valence-electron chi connectivity index (χ3n) is 10.5. The highest BCUT2D eigenvalue weighted by molar-refractivity contribution is 8.14. The molecule has 0 unspecified atom stereocenters. The molecule has 0 saturated carbocycles. The van der Waals surface area contributed by atoms with Crippen molar-refractivity contribution in [3.8, 4) is 0 Å². The van der Waals surface area contributed by atoms with Crippen LogP contribution in [0.4, 0.5) is 34.1 Å². The fourth-order valence-corrected chi connectivity index (χ4v) is 8.80. The maximum atomic E-state index is 6.18. The minimum absolute atomic E-state index is 0.469. The Labute approximate surface area is 399 Å².